The number of aromatic nitrogens is 2. The first-order valence-corrected chi connectivity index (χ1v) is 10.0. The number of rotatable bonds is 8. The van der Waals surface area contributed by atoms with E-state index in [2.05, 4.69) is 36.3 Å². The van der Waals surface area contributed by atoms with Gasteiger partial charge in [-0.15, -0.1) is 10.2 Å². The minimum atomic E-state index is -1.07. The zero-order valence-electron chi connectivity index (χ0n) is 17.1. The van der Waals surface area contributed by atoms with Crippen molar-refractivity contribution in [1.29, 1.82) is 0 Å². The molecule has 1 N–H and O–H groups in total. The first-order chi connectivity index (χ1) is 13.6. The van der Waals surface area contributed by atoms with E-state index in [1.54, 1.807) is 19.1 Å². The first-order valence-electron chi connectivity index (χ1n) is 9.16. The molecule has 2 rings (SSSR count). The third-order valence-electron chi connectivity index (χ3n) is 3.95. The number of thioether (sulfide) groups is 1. The smallest absolute Gasteiger partial charge is 0.327 e. The van der Waals surface area contributed by atoms with Gasteiger partial charge in [0.2, 0.25) is 5.89 Å². The summed E-state index contributed by atoms with van der Waals surface area (Å²) < 4.78 is 10.3. The van der Waals surface area contributed by atoms with Crippen LogP contribution in [0.5, 0.6) is 0 Å². The topological polar surface area (TPSA) is 111 Å². The van der Waals surface area contributed by atoms with Crippen LogP contribution in [-0.4, -0.2) is 39.7 Å². The molecule has 0 aliphatic heterocycles. The normalized spacial score (nSPS) is 12.3. The van der Waals surface area contributed by atoms with Gasteiger partial charge in [-0.1, -0.05) is 32.9 Å². The van der Waals surface area contributed by atoms with Crippen molar-refractivity contribution in [3.63, 3.8) is 0 Å². The van der Waals surface area contributed by atoms with Crippen molar-refractivity contribution in [3.05, 3.63) is 41.3 Å². The van der Waals surface area contributed by atoms with Gasteiger partial charge in [-0.2, -0.15) is 0 Å². The zero-order chi connectivity index (χ0) is 21.6. The molecule has 0 bridgehead atoms. The van der Waals surface area contributed by atoms with Crippen molar-refractivity contribution in [1.82, 2.24) is 15.5 Å². The Hall–Kier alpha value is -2.68. The third kappa shape index (κ3) is 6.42. The predicted octanol–water partition coefficient (Wildman–Crippen LogP) is 2.91. The van der Waals surface area contributed by atoms with Gasteiger partial charge in [-0.25, -0.2) is 0 Å². The highest BCUT2D eigenvalue weighted by Gasteiger charge is 2.28. The van der Waals surface area contributed by atoms with E-state index in [1.807, 2.05) is 12.1 Å². The van der Waals surface area contributed by atoms with Gasteiger partial charge in [0, 0.05) is 5.56 Å². The van der Waals surface area contributed by atoms with Crippen LogP contribution in [0.25, 0.3) is 0 Å². The fraction of sp³-hybridized carbons (Fsp3) is 0.450. The summed E-state index contributed by atoms with van der Waals surface area (Å²) >= 11 is 0.823. The van der Waals surface area contributed by atoms with Crippen molar-refractivity contribution in [2.75, 3.05) is 6.61 Å². The number of Topliss-reactive ketones (excluding diaryl/α,β-unsaturated/α-hetero) is 1. The number of carbonyl (C=O) groups is 3. The standard InChI is InChI=1S/C20H25N3O5S/c1-6-27-18(26)16(12(2)24)29-19-23-22-15(28-19)11-21-17(25)13-7-9-14(10-8-13)20(3,4)5/h7-10,16H,6,11H2,1-5H3,(H,21,25)/t16-/m1/s1. The Morgan fingerprint density at radius 1 is 1.17 bits per heavy atom. The highest BCUT2D eigenvalue weighted by Crippen LogP contribution is 2.24. The number of esters is 1. The van der Waals surface area contributed by atoms with Gasteiger partial charge in [-0.05, 0) is 48.7 Å². The van der Waals surface area contributed by atoms with Crippen molar-refractivity contribution >= 4 is 29.4 Å². The molecule has 8 nitrogen and oxygen atoms in total. The van der Waals surface area contributed by atoms with Gasteiger partial charge in [0.15, 0.2) is 11.0 Å². The van der Waals surface area contributed by atoms with E-state index in [0.29, 0.717) is 5.56 Å². The molecule has 1 amide bonds. The van der Waals surface area contributed by atoms with E-state index < -0.39 is 11.2 Å². The summed E-state index contributed by atoms with van der Waals surface area (Å²) in [6, 6.07) is 7.38. The summed E-state index contributed by atoms with van der Waals surface area (Å²) in [6.07, 6.45) is 0. The SMILES string of the molecule is CCOC(=O)[C@H](Sc1nnc(CNC(=O)c2ccc(C(C)(C)C)cc2)o1)C(C)=O. The Balaban J connectivity index is 1.95. The monoisotopic (exact) mass is 419 g/mol. The molecular formula is C20H25N3O5S. The number of ketones is 1. The lowest BCUT2D eigenvalue weighted by molar-refractivity contribution is -0.144. The van der Waals surface area contributed by atoms with Crippen LogP contribution >= 0.6 is 11.8 Å². The molecular weight excluding hydrogens is 394 g/mol. The average Bonchev–Trinajstić information content (AvgIpc) is 3.11. The van der Waals surface area contributed by atoms with E-state index in [4.69, 9.17) is 9.15 Å². The molecule has 1 aromatic heterocycles. The van der Waals surface area contributed by atoms with Crippen molar-refractivity contribution in [2.24, 2.45) is 0 Å². The summed E-state index contributed by atoms with van der Waals surface area (Å²) in [6.45, 7) is 9.45. The summed E-state index contributed by atoms with van der Waals surface area (Å²) in [5.74, 6) is -1.14. The molecule has 0 aliphatic carbocycles. The van der Waals surface area contributed by atoms with E-state index >= 15 is 0 Å². The number of nitrogens with zero attached hydrogens (tertiary/aromatic N) is 2. The highest BCUT2D eigenvalue weighted by atomic mass is 32.2. The highest BCUT2D eigenvalue weighted by molar-refractivity contribution is 8.01. The van der Waals surface area contributed by atoms with Crippen molar-refractivity contribution < 1.29 is 23.5 Å². The molecule has 156 valence electrons. The van der Waals surface area contributed by atoms with Crippen LogP contribution in [0.4, 0.5) is 0 Å². The Morgan fingerprint density at radius 3 is 2.38 bits per heavy atom. The second-order valence-electron chi connectivity index (χ2n) is 7.33. The molecule has 0 saturated heterocycles. The summed E-state index contributed by atoms with van der Waals surface area (Å²) in [5, 5.41) is 9.32. The molecule has 0 unspecified atom stereocenters. The maximum atomic E-state index is 12.3. The molecule has 29 heavy (non-hydrogen) atoms. The molecule has 0 radical (unpaired) electrons. The molecule has 1 aromatic carbocycles. The Labute approximate surface area is 173 Å². The third-order valence-corrected chi connectivity index (χ3v) is 5.08. The van der Waals surface area contributed by atoms with E-state index in [0.717, 1.165) is 17.3 Å². The minimum absolute atomic E-state index is 0.00805. The van der Waals surface area contributed by atoms with Crippen molar-refractivity contribution in [3.8, 4) is 0 Å². The summed E-state index contributed by atoms with van der Waals surface area (Å²) in [7, 11) is 0. The fourth-order valence-electron chi connectivity index (χ4n) is 2.35. The second kappa shape index (κ2) is 9.69. The predicted molar refractivity (Wildman–Crippen MR) is 108 cm³/mol. The van der Waals surface area contributed by atoms with Crippen LogP contribution in [0.1, 0.15) is 56.4 Å². The number of hydrogen-bond acceptors (Lipinski definition) is 8. The van der Waals surface area contributed by atoms with Crippen LogP contribution in [0.2, 0.25) is 0 Å². The maximum Gasteiger partial charge on any atom is 0.327 e. The van der Waals surface area contributed by atoms with Crippen LogP contribution in [-0.2, 0) is 26.3 Å². The molecule has 2 aromatic rings. The van der Waals surface area contributed by atoms with E-state index in [1.165, 1.54) is 6.92 Å². The van der Waals surface area contributed by atoms with Gasteiger partial charge in [0.25, 0.3) is 11.1 Å². The van der Waals surface area contributed by atoms with E-state index in [9.17, 15) is 14.4 Å². The quantitative estimate of drug-likeness (QED) is 0.395. The number of carbonyl (C=O) groups excluding carboxylic acids is 3. The first kappa shape index (κ1) is 22.6. The van der Waals surface area contributed by atoms with Gasteiger partial charge >= 0.3 is 5.97 Å². The lowest BCUT2D eigenvalue weighted by Crippen LogP contribution is -2.27. The number of benzene rings is 1. The summed E-state index contributed by atoms with van der Waals surface area (Å²) in [4.78, 5) is 35.8. The van der Waals surface area contributed by atoms with Gasteiger partial charge in [-0.3, -0.25) is 14.4 Å². The Kier molecular flexibility index (Phi) is 7.55. The average molecular weight is 420 g/mol. The van der Waals surface area contributed by atoms with Crippen LogP contribution < -0.4 is 5.32 Å². The number of amides is 1. The van der Waals surface area contributed by atoms with Gasteiger partial charge < -0.3 is 14.5 Å². The number of ether oxygens (including phenoxy) is 1. The van der Waals surface area contributed by atoms with Gasteiger partial charge in [0.05, 0.1) is 13.2 Å². The van der Waals surface area contributed by atoms with E-state index in [-0.39, 0.29) is 41.4 Å². The molecule has 0 aliphatic rings. The molecule has 1 heterocycles. The molecule has 9 heteroatoms. The second-order valence-corrected chi connectivity index (χ2v) is 8.39. The zero-order valence-corrected chi connectivity index (χ0v) is 18.0. The molecule has 1 atom stereocenters. The minimum Gasteiger partial charge on any atom is -0.465 e. The number of nitrogens with one attached hydrogen (secondary N) is 1. The Bertz CT molecular complexity index is 871. The van der Waals surface area contributed by atoms with Crippen molar-refractivity contribution in [2.45, 2.75) is 57.1 Å². The molecule has 0 fully saturated rings. The maximum absolute atomic E-state index is 12.3. The van der Waals surface area contributed by atoms with Gasteiger partial charge in [0.1, 0.15) is 0 Å². The lowest BCUT2D eigenvalue weighted by atomic mass is 9.87. The van der Waals surface area contributed by atoms with Crippen LogP contribution in [0, 0.1) is 0 Å². The lowest BCUT2D eigenvalue weighted by Gasteiger charge is -2.18. The molecule has 0 spiro atoms. The fourth-order valence-corrected chi connectivity index (χ4v) is 3.12. The van der Waals surface area contributed by atoms with Crippen LogP contribution in [0.3, 0.4) is 0 Å². The largest absolute Gasteiger partial charge is 0.465 e. The Morgan fingerprint density at radius 2 is 1.83 bits per heavy atom. The number of hydrogen-bond donors (Lipinski definition) is 1. The molecule has 0 saturated carbocycles. The summed E-state index contributed by atoms with van der Waals surface area (Å²) in [5.41, 5.74) is 1.66. The van der Waals surface area contributed by atoms with Crippen LogP contribution in [0.15, 0.2) is 33.9 Å².